The Balaban J connectivity index is 0.00000441. The van der Waals surface area contributed by atoms with Crippen molar-refractivity contribution in [3.63, 3.8) is 0 Å². The van der Waals surface area contributed by atoms with E-state index in [1.165, 1.54) is 11.8 Å². The number of aryl methyl sites for hydroxylation is 3. The second-order valence-electron chi connectivity index (χ2n) is 9.22. The zero-order valence-corrected chi connectivity index (χ0v) is 23.9. The summed E-state index contributed by atoms with van der Waals surface area (Å²) in [4.78, 5) is 29.2. The summed E-state index contributed by atoms with van der Waals surface area (Å²) >= 11 is 1.52. The number of rotatable bonds is 12. The van der Waals surface area contributed by atoms with Crippen LogP contribution in [0.15, 0.2) is 91.3 Å². The molecule has 1 unspecified atom stereocenters. The predicted molar refractivity (Wildman–Crippen MR) is 154 cm³/mol. The fourth-order valence-electron chi connectivity index (χ4n) is 4.36. The van der Waals surface area contributed by atoms with E-state index in [2.05, 4.69) is 10.3 Å². The summed E-state index contributed by atoms with van der Waals surface area (Å²) in [6.07, 6.45) is 7.11. The first-order valence-electron chi connectivity index (χ1n) is 12.8. The molecule has 3 aromatic carbocycles. The van der Waals surface area contributed by atoms with E-state index < -0.39 is 17.9 Å². The molecule has 0 fully saturated rings. The molecule has 1 N–H and O–H groups in total. The maximum absolute atomic E-state index is 13.3. The number of para-hydroxylation sites is 1. The molecule has 0 radical (unpaired) electrons. The molecule has 1 heterocycles. The Kier molecular flexibility index (Phi) is 11.9. The van der Waals surface area contributed by atoms with Gasteiger partial charge in [0.05, 0.1) is 12.0 Å². The quantitative estimate of drug-likeness (QED) is 0.274. The number of carbonyl (C=O) groups is 2. The van der Waals surface area contributed by atoms with Gasteiger partial charge in [-0.25, -0.2) is 0 Å². The molecule has 1 amide bonds. The molecule has 0 aliphatic rings. The van der Waals surface area contributed by atoms with Crippen molar-refractivity contribution in [2.75, 3.05) is 12.0 Å². The fraction of sp³-hybridized carbons (Fsp3) is 0.219. The molecular weight excluding hydrogens is 515 g/mol. The minimum Gasteiger partial charge on any atom is -0.548 e. The van der Waals surface area contributed by atoms with Crippen LogP contribution in [0.1, 0.15) is 33.5 Å². The van der Waals surface area contributed by atoms with Gasteiger partial charge in [0.15, 0.2) is 0 Å². The average Bonchev–Trinajstić information content (AvgIpc) is 2.95. The van der Waals surface area contributed by atoms with Gasteiger partial charge in [0, 0.05) is 23.5 Å². The molecule has 40 heavy (non-hydrogen) atoms. The van der Waals surface area contributed by atoms with Crippen molar-refractivity contribution in [1.29, 1.82) is 0 Å². The van der Waals surface area contributed by atoms with Crippen LogP contribution in [-0.4, -0.2) is 34.9 Å². The van der Waals surface area contributed by atoms with Gasteiger partial charge >= 0.3 is 18.9 Å². The number of carboxylic acids is 1. The van der Waals surface area contributed by atoms with Crippen LogP contribution in [0.25, 0.3) is 11.1 Å². The van der Waals surface area contributed by atoms with Gasteiger partial charge in [0.25, 0.3) is 5.91 Å². The van der Waals surface area contributed by atoms with E-state index in [9.17, 15) is 14.7 Å². The van der Waals surface area contributed by atoms with Crippen LogP contribution < -0.4 is 34.0 Å². The molecule has 0 aliphatic heterocycles. The SMILES string of the molecule is CSCCC(NC(=O)c1ccc(CCc2cnccc2Oc2ccccc2)cc1-c1ccccc1C)C(=O)[O-].[Li+]. The smallest absolute Gasteiger partial charge is 0.548 e. The molecule has 4 rings (SSSR count). The van der Waals surface area contributed by atoms with Crippen molar-refractivity contribution in [2.45, 2.75) is 32.2 Å². The van der Waals surface area contributed by atoms with Crippen LogP contribution in [0.3, 0.4) is 0 Å². The van der Waals surface area contributed by atoms with Gasteiger partial charge < -0.3 is 20.0 Å². The number of nitrogens with one attached hydrogen (secondary N) is 1. The molecule has 1 aromatic heterocycles. The van der Waals surface area contributed by atoms with Crippen LogP contribution in [0.5, 0.6) is 11.5 Å². The second-order valence-corrected chi connectivity index (χ2v) is 10.2. The Hall–Kier alpha value is -3.50. The molecule has 0 aliphatic carbocycles. The van der Waals surface area contributed by atoms with Gasteiger partial charge in [-0.15, -0.1) is 0 Å². The van der Waals surface area contributed by atoms with Crippen molar-refractivity contribution in [2.24, 2.45) is 0 Å². The van der Waals surface area contributed by atoms with E-state index >= 15 is 0 Å². The average molecular weight is 547 g/mol. The molecule has 0 saturated heterocycles. The number of pyridine rings is 1. The third kappa shape index (κ3) is 8.25. The van der Waals surface area contributed by atoms with Crippen LogP contribution in [0.2, 0.25) is 0 Å². The number of amides is 1. The number of hydrogen-bond acceptors (Lipinski definition) is 6. The molecule has 200 valence electrons. The molecule has 4 aromatic rings. The predicted octanol–water partition coefficient (Wildman–Crippen LogP) is 2.24. The summed E-state index contributed by atoms with van der Waals surface area (Å²) in [5, 5.41) is 14.3. The van der Waals surface area contributed by atoms with Crippen molar-refractivity contribution < 1.29 is 38.3 Å². The number of carboxylic acid groups (broad SMARTS) is 1. The second kappa shape index (κ2) is 15.3. The summed E-state index contributed by atoms with van der Waals surface area (Å²) in [7, 11) is 0. The van der Waals surface area contributed by atoms with Crippen molar-refractivity contribution >= 4 is 23.6 Å². The summed E-state index contributed by atoms with van der Waals surface area (Å²) in [6, 6.07) is 24.0. The van der Waals surface area contributed by atoms with E-state index in [1.54, 1.807) is 12.3 Å². The van der Waals surface area contributed by atoms with E-state index in [1.807, 2.05) is 92.2 Å². The summed E-state index contributed by atoms with van der Waals surface area (Å²) < 4.78 is 6.09. The number of ether oxygens (including phenoxy) is 1. The Bertz CT molecular complexity index is 1430. The monoisotopic (exact) mass is 546 g/mol. The van der Waals surface area contributed by atoms with Crippen molar-refractivity contribution in [3.8, 4) is 22.6 Å². The van der Waals surface area contributed by atoms with Gasteiger partial charge in [-0.2, -0.15) is 11.8 Å². The zero-order chi connectivity index (χ0) is 27.6. The van der Waals surface area contributed by atoms with Crippen molar-refractivity contribution in [1.82, 2.24) is 10.3 Å². The molecule has 8 heteroatoms. The Morgan fingerprint density at radius 2 is 1.73 bits per heavy atom. The van der Waals surface area contributed by atoms with Crippen LogP contribution in [0, 0.1) is 6.92 Å². The van der Waals surface area contributed by atoms with Gasteiger partial charge in [-0.1, -0.05) is 54.6 Å². The van der Waals surface area contributed by atoms with Gasteiger partial charge in [-0.05, 0) is 84.7 Å². The van der Waals surface area contributed by atoms with Gasteiger partial charge in [-0.3, -0.25) is 9.78 Å². The normalized spacial score (nSPS) is 11.2. The number of benzene rings is 3. The number of thioether (sulfide) groups is 1. The van der Waals surface area contributed by atoms with E-state index in [-0.39, 0.29) is 18.9 Å². The zero-order valence-electron chi connectivity index (χ0n) is 23.1. The minimum atomic E-state index is -1.28. The summed E-state index contributed by atoms with van der Waals surface area (Å²) in [5.74, 6) is 0.407. The third-order valence-corrected chi connectivity index (χ3v) is 7.12. The maximum atomic E-state index is 13.3. The van der Waals surface area contributed by atoms with Gasteiger partial charge in [0.1, 0.15) is 11.5 Å². The largest absolute Gasteiger partial charge is 1.00 e. The fourth-order valence-corrected chi connectivity index (χ4v) is 4.83. The number of carbonyl (C=O) groups excluding carboxylic acids is 2. The van der Waals surface area contributed by atoms with Crippen molar-refractivity contribution in [3.05, 3.63) is 114 Å². The Morgan fingerprint density at radius 1 is 0.975 bits per heavy atom. The standard InChI is InChI=1S/C32H32N2O4S.Li/c1-22-8-6-7-11-26(22)28-20-23(13-15-27(28)31(35)34-29(32(36)37)17-19-39-2)12-14-24-21-33-18-16-30(24)38-25-9-4-3-5-10-25;/h3-11,13,15-16,18,20-21,29H,12,14,17,19H2,1-2H3,(H,34,35)(H,36,37);/q;+1/p-1. The Labute approximate surface area is 251 Å². The molecule has 6 nitrogen and oxygen atoms in total. The number of nitrogens with zero attached hydrogens (tertiary/aromatic N) is 1. The minimum absolute atomic E-state index is 0. The van der Waals surface area contributed by atoms with Gasteiger partial charge in [0.2, 0.25) is 0 Å². The first-order valence-corrected chi connectivity index (χ1v) is 14.2. The first kappa shape index (κ1) is 31.0. The summed E-state index contributed by atoms with van der Waals surface area (Å²) in [6.45, 7) is 2.00. The molecular formula is C32H31LiN2O4S. The summed E-state index contributed by atoms with van der Waals surface area (Å²) in [5.41, 5.74) is 5.15. The number of hydrogen-bond donors (Lipinski definition) is 1. The van der Waals surface area contributed by atoms with Crippen LogP contribution >= 0.6 is 11.8 Å². The van der Waals surface area contributed by atoms with E-state index in [0.29, 0.717) is 30.6 Å². The molecule has 0 spiro atoms. The number of aliphatic carboxylic acids is 1. The third-order valence-electron chi connectivity index (χ3n) is 6.48. The van der Waals surface area contributed by atoms with E-state index in [0.717, 1.165) is 39.3 Å². The Morgan fingerprint density at radius 3 is 2.45 bits per heavy atom. The molecule has 0 saturated carbocycles. The first-order chi connectivity index (χ1) is 19.0. The van der Waals surface area contributed by atoms with Crippen LogP contribution in [0.4, 0.5) is 0 Å². The molecule has 1 atom stereocenters. The van der Waals surface area contributed by atoms with E-state index in [4.69, 9.17) is 4.74 Å². The number of aromatic nitrogens is 1. The maximum Gasteiger partial charge on any atom is 1.00 e. The topological polar surface area (TPSA) is 91.3 Å². The molecule has 0 bridgehead atoms. The van der Waals surface area contributed by atoms with Crippen LogP contribution in [-0.2, 0) is 17.6 Å².